The first-order valence-electron chi connectivity index (χ1n) is 7.18. The highest BCUT2D eigenvalue weighted by molar-refractivity contribution is 7.92. The highest BCUT2D eigenvalue weighted by atomic mass is 32.2. The van der Waals surface area contributed by atoms with Crippen molar-refractivity contribution in [3.63, 3.8) is 0 Å². The Balaban J connectivity index is 2.21. The maximum atomic E-state index is 12.9. The first-order valence-corrected chi connectivity index (χ1v) is 10.6. The van der Waals surface area contributed by atoms with E-state index in [2.05, 4.69) is 0 Å². The van der Waals surface area contributed by atoms with Crippen LogP contribution < -0.4 is 0 Å². The molecule has 0 amide bonds. The fraction of sp³-hybridized carbons (Fsp3) is 0.571. The standard InChI is InChI=1S/C14H20FNO4S2/c1-2-8-16(14-7-9-21(17,18)11-14)22(19,20)10-12-3-5-13(15)6-4-12/h3-6,14H,2,7-11H2,1H3. The molecule has 1 aromatic carbocycles. The minimum atomic E-state index is -3.64. The molecule has 1 aliphatic rings. The number of halogens is 1. The summed E-state index contributed by atoms with van der Waals surface area (Å²) < 4.78 is 62.6. The minimum absolute atomic E-state index is 0.0317. The third-order valence-electron chi connectivity index (χ3n) is 3.68. The molecule has 5 nitrogen and oxygen atoms in total. The van der Waals surface area contributed by atoms with E-state index in [1.807, 2.05) is 6.92 Å². The van der Waals surface area contributed by atoms with E-state index >= 15 is 0 Å². The van der Waals surface area contributed by atoms with E-state index in [-0.39, 0.29) is 17.3 Å². The lowest BCUT2D eigenvalue weighted by molar-refractivity contribution is 0.340. The first kappa shape index (κ1) is 17.4. The van der Waals surface area contributed by atoms with E-state index in [0.717, 1.165) is 0 Å². The Hall–Kier alpha value is -0.990. The topological polar surface area (TPSA) is 71.5 Å². The van der Waals surface area contributed by atoms with Gasteiger partial charge < -0.3 is 0 Å². The Morgan fingerprint density at radius 2 is 1.91 bits per heavy atom. The second-order valence-corrected chi connectivity index (χ2v) is 9.70. The van der Waals surface area contributed by atoms with Gasteiger partial charge in [0.25, 0.3) is 0 Å². The predicted octanol–water partition coefficient (Wildman–Crippen LogP) is 1.55. The van der Waals surface area contributed by atoms with Gasteiger partial charge in [-0.1, -0.05) is 19.1 Å². The Bertz CT molecular complexity index is 714. The lowest BCUT2D eigenvalue weighted by atomic mass is 10.2. The molecule has 0 aliphatic carbocycles. The molecule has 1 unspecified atom stereocenters. The summed E-state index contributed by atoms with van der Waals surface area (Å²) in [5.74, 6) is -0.753. The zero-order valence-corrected chi connectivity index (χ0v) is 14.0. The maximum absolute atomic E-state index is 12.9. The zero-order valence-electron chi connectivity index (χ0n) is 12.4. The lowest BCUT2D eigenvalue weighted by Crippen LogP contribution is -2.42. The van der Waals surface area contributed by atoms with Crippen LogP contribution in [0.15, 0.2) is 24.3 Å². The minimum Gasteiger partial charge on any atom is -0.229 e. The van der Waals surface area contributed by atoms with Crippen molar-refractivity contribution in [2.45, 2.75) is 31.6 Å². The fourth-order valence-corrected chi connectivity index (χ4v) is 6.35. The van der Waals surface area contributed by atoms with Gasteiger partial charge in [0.2, 0.25) is 10.0 Å². The third-order valence-corrected chi connectivity index (χ3v) is 7.32. The van der Waals surface area contributed by atoms with Crippen LogP contribution in [-0.2, 0) is 25.6 Å². The van der Waals surface area contributed by atoms with Crippen LogP contribution >= 0.6 is 0 Å². The third kappa shape index (κ3) is 4.27. The fourth-order valence-electron chi connectivity index (χ4n) is 2.65. The molecule has 1 aliphatic heterocycles. The van der Waals surface area contributed by atoms with Crippen molar-refractivity contribution < 1.29 is 21.2 Å². The molecule has 1 fully saturated rings. The van der Waals surface area contributed by atoms with Crippen LogP contribution in [0.3, 0.4) is 0 Å². The maximum Gasteiger partial charge on any atom is 0.218 e. The molecule has 0 spiro atoms. The summed E-state index contributed by atoms with van der Waals surface area (Å²) in [4.78, 5) is 0. The first-order chi connectivity index (χ1) is 10.2. The number of hydrogen-bond donors (Lipinski definition) is 0. The van der Waals surface area contributed by atoms with Gasteiger partial charge in [-0.05, 0) is 30.5 Å². The molecule has 0 bridgehead atoms. The second kappa shape index (κ2) is 6.64. The number of nitrogens with zero attached hydrogens (tertiary/aromatic N) is 1. The van der Waals surface area contributed by atoms with Crippen molar-refractivity contribution >= 4 is 19.9 Å². The van der Waals surface area contributed by atoms with Crippen molar-refractivity contribution in [3.05, 3.63) is 35.6 Å². The summed E-state index contributed by atoms with van der Waals surface area (Å²) in [5.41, 5.74) is 0.489. The van der Waals surface area contributed by atoms with Crippen LogP contribution in [0.25, 0.3) is 0 Å². The molecule has 8 heteroatoms. The van der Waals surface area contributed by atoms with E-state index in [1.165, 1.54) is 28.6 Å². The Morgan fingerprint density at radius 1 is 1.27 bits per heavy atom. The van der Waals surface area contributed by atoms with Gasteiger partial charge in [-0.2, -0.15) is 4.31 Å². The lowest BCUT2D eigenvalue weighted by Gasteiger charge is -2.27. The molecular formula is C14H20FNO4S2. The summed E-state index contributed by atoms with van der Waals surface area (Å²) in [5, 5.41) is 0. The van der Waals surface area contributed by atoms with Gasteiger partial charge in [0.1, 0.15) is 5.82 Å². The SMILES string of the molecule is CCCN(C1CCS(=O)(=O)C1)S(=O)(=O)Cc1ccc(F)cc1. The summed E-state index contributed by atoms with van der Waals surface area (Å²) in [6.07, 6.45) is 0.949. The van der Waals surface area contributed by atoms with E-state index in [0.29, 0.717) is 24.9 Å². The van der Waals surface area contributed by atoms with Crippen molar-refractivity contribution in [1.29, 1.82) is 0 Å². The van der Waals surface area contributed by atoms with Crippen LogP contribution in [0.2, 0.25) is 0 Å². The van der Waals surface area contributed by atoms with Gasteiger partial charge in [-0.3, -0.25) is 0 Å². The number of sulfonamides is 1. The number of rotatable bonds is 6. The van der Waals surface area contributed by atoms with Crippen molar-refractivity contribution in [2.75, 3.05) is 18.1 Å². The molecule has 22 heavy (non-hydrogen) atoms. The molecule has 124 valence electrons. The van der Waals surface area contributed by atoms with Crippen LogP contribution in [0.5, 0.6) is 0 Å². The summed E-state index contributed by atoms with van der Waals surface area (Å²) in [7, 11) is -6.79. The Morgan fingerprint density at radius 3 is 2.41 bits per heavy atom. The van der Waals surface area contributed by atoms with E-state index in [9.17, 15) is 21.2 Å². The van der Waals surface area contributed by atoms with Gasteiger partial charge in [0.15, 0.2) is 9.84 Å². The molecule has 2 rings (SSSR count). The van der Waals surface area contributed by atoms with Crippen molar-refractivity contribution in [2.24, 2.45) is 0 Å². The average molecular weight is 349 g/mol. The van der Waals surface area contributed by atoms with E-state index < -0.39 is 31.7 Å². The molecule has 1 aromatic rings. The molecular weight excluding hydrogens is 329 g/mol. The van der Waals surface area contributed by atoms with Crippen LogP contribution in [0.4, 0.5) is 4.39 Å². The molecule has 0 saturated carbocycles. The second-order valence-electron chi connectivity index (χ2n) is 5.55. The number of hydrogen-bond acceptors (Lipinski definition) is 4. The number of sulfone groups is 1. The van der Waals surface area contributed by atoms with Crippen LogP contribution in [0.1, 0.15) is 25.3 Å². The highest BCUT2D eigenvalue weighted by Crippen LogP contribution is 2.23. The highest BCUT2D eigenvalue weighted by Gasteiger charge is 2.37. The van der Waals surface area contributed by atoms with Gasteiger partial charge in [-0.25, -0.2) is 21.2 Å². The van der Waals surface area contributed by atoms with E-state index in [4.69, 9.17) is 0 Å². The molecule has 0 radical (unpaired) electrons. The molecule has 0 aromatic heterocycles. The van der Waals surface area contributed by atoms with E-state index in [1.54, 1.807) is 0 Å². The summed E-state index contributed by atoms with van der Waals surface area (Å²) in [6, 6.07) is 4.81. The average Bonchev–Trinajstić information content (AvgIpc) is 2.78. The van der Waals surface area contributed by atoms with Gasteiger partial charge in [0.05, 0.1) is 17.3 Å². The predicted molar refractivity (Wildman–Crippen MR) is 83.1 cm³/mol. The van der Waals surface area contributed by atoms with Crippen molar-refractivity contribution in [1.82, 2.24) is 4.31 Å². The summed E-state index contributed by atoms with van der Waals surface area (Å²) in [6.45, 7) is 2.15. The monoisotopic (exact) mass is 349 g/mol. The van der Waals surface area contributed by atoms with Crippen LogP contribution in [0, 0.1) is 5.82 Å². The molecule has 1 saturated heterocycles. The molecule has 1 heterocycles. The summed E-state index contributed by atoms with van der Waals surface area (Å²) >= 11 is 0. The van der Waals surface area contributed by atoms with Gasteiger partial charge >= 0.3 is 0 Å². The zero-order chi connectivity index (χ0) is 16.4. The number of benzene rings is 1. The largest absolute Gasteiger partial charge is 0.229 e. The van der Waals surface area contributed by atoms with Crippen molar-refractivity contribution in [3.8, 4) is 0 Å². The molecule has 0 N–H and O–H groups in total. The molecule has 1 atom stereocenters. The Kier molecular flexibility index (Phi) is 5.24. The smallest absolute Gasteiger partial charge is 0.218 e. The normalized spacial score (nSPS) is 21.3. The van der Waals surface area contributed by atoms with Gasteiger partial charge in [0, 0.05) is 12.6 Å². The Labute approximate surface area is 131 Å². The quantitative estimate of drug-likeness (QED) is 0.781. The van der Waals surface area contributed by atoms with Crippen LogP contribution in [-0.4, -0.2) is 45.2 Å². The van der Waals surface area contributed by atoms with Gasteiger partial charge in [-0.15, -0.1) is 0 Å².